The molecule has 0 aliphatic rings. The SMILES string of the molecule is COc1ccc(OCCn2c([N+](=O)[O-])cnc2C)c([N+](=O)[O-])c1. The molecule has 0 aliphatic carbocycles. The van der Waals surface area contributed by atoms with Crippen molar-refractivity contribution in [3.8, 4) is 11.5 Å². The molecule has 1 aromatic heterocycles. The van der Waals surface area contributed by atoms with E-state index in [4.69, 9.17) is 9.47 Å². The zero-order valence-corrected chi connectivity index (χ0v) is 12.5. The number of rotatable bonds is 7. The smallest absolute Gasteiger partial charge is 0.342 e. The van der Waals surface area contributed by atoms with Gasteiger partial charge < -0.3 is 19.6 Å². The summed E-state index contributed by atoms with van der Waals surface area (Å²) in [7, 11) is 1.40. The Labute approximate surface area is 130 Å². The predicted octanol–water partition coefficient (Wildman–Crippen LogP) is 2.10. The summed E-state index contributed by atoms with van der Waals surface area (Å²) in [6, 6.07) is 4.21. The van der Waals surface area contributed by atoms with E-state index in [1.165, 1.54) is 29.9 Å². The van der Waals surface area contributed by atoms with Crippen molar-refractivity contribution in [1.29, 1.82) is 0 Å². The topological polar surface area (TPSA) is 123 Å². The molecule has 0 radical (unpaired) electrons. The Morgan fingerprint density at radius 2 is 2.00 bits per heavy atom. The van der Waals surface area contributed by atoms with Crippen molar-refractivity contribution in [2.24, 2.45) is 0 Å². The van der Waals surface area contributed by atoms with Crippen molar-refractivity contribution in [1.82, 2.24) is 9.55 Å². The number of methoxy groups -OCH3 is 1. The minimum absolute atomic E-state index is 0.0191. The van der Waals surface area contributed by atoms with E-state index in [0.29, 0.717) is 11.6 Å². The Morgan fingerprint density at radius 1 is 1.26 bits per heavy atom. The Bertz CT molecular complexity index is 742. The molecule has 10 nitrogen and oxygen atoms in total. The molecule has 0 aliphatic heterocycles. The standard InChI is InChI=1S/C13H14N4O6/c1-9-14-8-13(17(20)21)15(9)5-6-23-12-4-3-10(22-2)7-11(12)16(18)19/h3-4,7-8H,5-6H2,1-2H3. The van der Waals surface area contributed by atoms with Crippen molar-refractivity contribution in [2.45, 2.75) is 13.5 Å². The van der Waals surface area contributed by atoms with Crippen LogP contribution in [-0.4, -0.2) is 33.1 Å². The maximum Gasteiger partial charge on any atom is 0.342 e. The summed E-state index contributed by atoms with van der Waals surface area (Å²) in [4.78, 5) is 24.7. The lowest BCUT2D eigenvalue weighted by molar-refractivity contribution is -0.392. The molecule has 0 unspecified atom stereocenters. The van der Waals surface area contributed by atoms with Crippen LogP contribution < -0.4 is 9.47 Å². The number of imidazole rings is 1. The van der Waals surface area contributed by atoms with Gasteiger partial charge in [-0.1, -0.05) is 0 Å². The molecule has 0 atom stereocenters. The Morgan fingerprint density at radius 3 is 2.61 bits per heavy atom. The zero-order chi connectivity index (χ0) is 17.0. The first-order valence-corrected chi connectivity index (χ1v) is 6.55. The van der Waals surface area contributed by atoms with Gasteiger partial charge in [0.25, 0.3) is 0 Å². The molecule has 1 heterocycles. The summed E-state index contributed by atoms with van der Waals surface area (Å²) in [5.74, 6) is 0.709. The summed E-state index contributed by atoms with van der Waals surface area (Å²) >= 11 is 0. The molecule has 0 fully saturated rings. The van der Waals surface area contributed by atoms with Crippen LogP contribution >= 0.6 is 0 Å². The van der Waals surface area contributed by atoms with E-state index in [2.05, 4.69) is 4.98 Å². The second-order valence-corrected chi connectivity index (χ2v) is 4.51. The van der Waals surface area contributed by atoms with E-state index in [-0.39, 0.29) is 30.4 Å². The number of benzene rings is 1. The van der Waals surface area contributed by atoms with Crippen LogP contribution in [0, 0.1) is 27.2 Å². The van der Waals surface area contributed by atoms with Crippen LogP contribution in [0.2, 0.25) is 0 Å². The third-order valence-electron chi connectivity index (χ3n) is 3.16. The zero-order valence-electron chi connectivity index (χ0n) is 12.5. The highest BCUT2D eigenvalue weighted by molar-refractivity contribution is 5.50. The molecule has 0 bridgehead atoms. The Hall–Kier alpha value is -3.17. The third-order valence-corrected chi connectivity index (χ3v) is 3.16. The molecular weight excluding hydrogens is 308 g/mol. The minimum atomic E-state index is -0.581. The number of nitrogens with zero attached hydrogens (tertiary/aromatic N) is 4. The van der Waals surface area contributed by atoms with E-state index < -0.39 is 9.85 Å². The first-order valence-electron chi connectivity index (χ1n) is 6.55. The van der Waals surface area contributed by atoms with Gasteiger partial charge in [-0.05, 0) is 17.1 Å². The van der Waals surface area contributed by atoms with Crippen molar-refractivity contribution >= 4 is 11.5 Å². The highest BCUT2D eigenvalue weighted by atomic mass is 16.6. The molecule has 0 spiro atoms. The Balaban J connectivity index is 2.12. The van der Waals surface area contributed by atoms with Crippen molar-refractivity contribution in [3.05, 3.63) is 50.4 Å². The normalized spacial score (nSPS) is 10.3. The van der Waals surface area contributed by atoms with Gasteiger partial charge >= 0.3 is 11.5 Å². The second-order valence-electron chi connectivity index (χ2n) is 4.51. The molecule has 0 saturated carbocycles. The van der Waals surface area contributed by atoms with Crippen LogP contribution in [-0.2, 0) is 6.54 Å². The van der Waals surface area contributed by atoms with Gasteiger partial charge in [-0.25, -0.2) is 9.55 Å². The fraction of sp³-hybridized carbons (Fsp3) is 0.308. The molecule has 0 saturated heterocycles. The molecule has 1 aromatic carbocycles. The predicted molar refractivity (Wildman–Crippen MR) is 78.8 cm³/mol. The number of hydrogen-bond acceptors (Lipinski definition) is 7. The third kappa shape index (κ3) is 3.54. The number of hydrogen-bond donors (Lipinski definition) is 0. The van der Waals surface area contributed by atoms with Crippen molar-refractivity contribution in [3.63, 3.8) is 0 Å². The maximum absolute atomic E-state index is 11.0. The first kappa shape index (κ1) is 16.2. The van der Waals surface area contributed by atoms with Crippen LogP contribution in [0.1, 0.15) is 5.82 Å². The number of ether oxygens (including phenoxy) is 2. The molecule has 122 valence electrons. The van der Waals surface area contributed by atoms with Gasteiger partial charge in [0.1, 0.15) is 25.1 Å². The summed E-state index contributed by atoms with van der Waals surface area (Å²) in [6.45, 7) is 1.79. The van der Waals surface area contributed by atoms with Crippen molar-refractivity contribution in [2.75, 3.05) is 13.7 Å². The summed E-state index contributed by atoms with van der Waals surface area (Å²) < 4.78 is 11.7. The molecule has 2 aromatic rings. The lowest BCUT2D eigenvalue weighted by atomic mass is 10.3. The number of aromatic nitrogens is 2. The van der Waals surface area contributed by atoms with E-state index in [0.717, 1.165) is 6.20 Å². The van der Waals surface area contributed by atoms with E-state index in [1.54, 1.807) is 6.92 Å². The van der Waals surface area contributed by atoms with Gasteiger partial charge in [0, 0.05) is 6.92 Å². The molecule has 10 heteroatoms. The largest absolute Gasteiger partial charge is 0.496 e. The van der Waals surface area contributed by atoms with Gasteiger partial charge in [-0.3, -0.25) is 10.1 Å². The first-order chi connectivity index (χ1) is 10.9. The van der Waals surface area contributed by atoms with Gasteiger partial charge in [-0.2, -0.15) is 0 Å². The van der Waals surface area contributed by atoms with Crippen LogP contribution in [0.5, 0.6) is 11.5 Å². The highest BCUT2D eigenvalue weighted by Crippen LogP contribution is 2.31. The average Bonchev–Trinajstić information content (AvgIpc) is 2.88. The number of aryl methyl sites for hydroxylation is 1. The van der Waals surface area contributed by atoms with Gasteiger partial charge in [0.05, 0.1) is 18.1 Å². The van der Waals surface area contributed by atoms with Crippen LogP contribution in [0.4, 0.5) is 11.5 Å². The van der Waals surface area contributed by atoms with E-state index in [1.807, 2.05) is 0 Å². The number of nitro groups is 2. The quantitative estimate of drug-likeness (QED) is 0.565. The second kappa shape index (κ2) is 6.73. The van der Waals surface area contributed by atoms with Crippen LogP contribution in [0.15, 0.2) is 24.4 Å². The highest BCUT2D eigenvalue weighted by Gasteiger charge is 2.19. The average molecular weight is 322 g/mol. The molecule has 0 amide bonds. The molecule has 23 heavy (non-hydrogen) atoms. The summed E-state index contributed by atoms with van der Waals surface area (Å²) in [6.07, 6.45) is 1.16. The maximum atomic E-state index is 11.0. The molecule has 2 rings (SSSR count). The minimum Gasteiger partial charge on any atom is -0.496 e. The summed E-state index contributed by atoms with van der Waals surface area (Å²) in [5.41, 5.74) is -0.235. The monoisotopic (exact) mass is 322 g/mol. The summed E-state index contributed by atoms with van der Waals surface area (Å²) in [5, 5.41) is 21.9. The lowest BCUT2D eigenvalue weighted by Gasteiger charge is -2.08. The van der Waals surface area contributed by atoms with Crippen molar-refractivity contribution < 1.29 is 19.3 Å². The van der Waals surface area contributed by atoms with E-state index in [9.17, 15) is 20.2 Å². The van der Waals surface area contributed by atoms with E-state index >= 15 is 0 Å². The fourth-order valence-corrected chi connectivity index (χ4v) is 2.01. The number of nitro benzene ring substituents is 1. The molecule has 0 N–H and O–H groups in total. The lowest BCUT2D eigenvalue weighted by Crippen LogP contribution is -2.12. The Kier molecular flexibility index (Phi) is 4.74. The van der Waals surface area contributed by atoms with Gasteiger partial charge in [0.15, 0.2) is 11.6 Å². The van der Waals surface area contributed by atoms with Crippen LogP contribution in [0.25, 0.3) is 0 Å². The fourth-order valence-electron chi connectivity index (χ4n) is 2.01. The molecular formula is C13H14N4O6. The van der Waals surface area contributed by atoms with Gasteiger partial charge in [-0.15, -0.1) is 0 Å². The van der Waals surface area contributed by atoms with Gasteiger partial charge in [0.2, 0.25) is 0 Å². The van der Waals surface area contributed by atoms with Crippen LogP contribution in [0.3, 0.4) is 0 Å².